The number of fused-ring (bicyclic) bond motifs is 3. The molecule has 3 saturated heterocycles. The largest absolute Gasteiger partial charge is 0.366 e. The van der Waals surface area contributed by atoms with Gasteiger partial charge in [-0.25, -0.2) is 4.98 Å². The van der Waals surface area contributed by atoms with Gasteiger partial charge in [-0.3, -0.25) is 14.6 Å². The fraction of sp³-hybridized carbons (Fsp3) is 0.429. The average molecular weight is 577 g/mol. The van der Waals surface area contributed by atoms with Crippen LogP contribution in [0.2, 0.25) is 0 Å². The molecule has 4 aromatic rings. The number of hydrogen-bond donors (Lipinski definition) is 2. The van der Waals surface area contributed by atoms with E-state index in [-0.39, 0.29) is 22.4 Å². The van der Waals surface area contributed by atoms with E-state index in [0.717, 1.165) is 49.9 Å². The Hall–Kier alpha value is -4.04. The first-order valence-electron chi connectivity index (χ1n) is 15.7. The molecule has 0 saturated carbocycles. The maximum atomic E-state index is 13.4. The summed E-state index contributed by atoms with van der Waals surface area (Å²) < 4.78 is 2.50. The number of benzene rings is 2. The zero-order chi connectivity index (χ0) is 29.6. The van der Waals surface area contributed by atoms with Crippen LogP contribution in [0.15, 0.2) is 73.1 Å². The molecule has 3 N–H and O–H groups in total. The third-order valence-corrected chi connectivity index (χ3v) is 10.5. The number of para-hydroxylation sites is 2. The summed E-state index contributed by atoms with van der Waals surface area (Å²) in [5.41, 5.74) is 9.93. The Morgan fingerprint density at radius 3 is 2.51 bits per heavy atom. The third-order valence-electron chi connectivity index (χ3n) is 10.5. The van der Waals surface area contributed by atoms with Crippen molar-refractivity contribution in [1.82, 2.24) is 24.8 Å². The summed E-state index contributed by atoms with van der Waals surface area (Å²) in [6.45, 7) is 3.48. The smallest absolute Gasteiger partial charge is 0.255 e. The van der Waals surface area contributed by atoms with Crippen LogP contribution in [0.25, 0.3) is 11.0 Å². The summed E-state index contributed by atoms with van der Waals surface area (Å²) in [4.78, 5) is 36.0. The summed E-state index contributed by atoms with van der Waals surface area (Å²) in [5, 5.41) is 4.09. The Morgan fingerprint density at radius 2 is 1.72 bits per heavy atom. The van der Waals surface area contributed by atoms with Crippen LogP contribution in [0.4, 0.5) is 0 Å². The lowest BCUT2D eigenvalue weighted by atomic mass is 9.67. The van der Waals surface area contributed by atoms with Crippen molar-refractivity contribution in [1.29, 1.82) is 0 Å². The minimum Gasteiger partial charge on any atom is -0.366 e. The Kier molecular flexibility index (Phi) is 7.04. The number of aromatic nitrogens is 3. The maximum absolute atomic E-state index is 13.4. The van der Waals surface area contributed by atoms with Crippen molar-refractivity contribution in [2.24, 2.45) is 5.73 Å². The van der Waals surface area contributed by atoms with Crippen LogP contribution in [0.1, 0.15) is 89.5 Å². The number of pyridine rings is 1. The number of hydrogen-bond acceptors (Lipinski definition) is 5. The highest BCUT2D eigenvalue weighted by Crippen LogP contribution is 2.48. The van der Waals surface area contributed by atoms with E-state index in [1.807, 2.05) is 4.90 Å². The predicted octanol–water partition coefficient (Wildman–Crippen LogP) is 5.32. The number of nitrogens with two attached hydrogens (primary N) is 1. The van der Waals surface area contributed by atoms with Gasteiger partial charge in [-0.05, 0) is 87.5 Å². The van der Waals surface area contributed by atoms with Crippen molar-refractivity contribution in [3.63, 3.8) is 0 Å². The molecule has 0 radical (unpaired) electrons. The maximum Gasteiger partial charge on any atom is 0.255 e. The molecule has 2 amide bonds. The van der Waals surface area contributed by atoms with Gasteiger partial charge in [-0.1, -0.05) is 42.5 Å². The predicted molar refractivity (Wildman–Crippen MR) is 167 cm³/mol. The molecule has 2 aromatic heterocycles. The van der Waals surface area contributed by atoms with E-state index >= 15 is 0 Å². The second-order valence-electron chi connectivity index (χ2n) is 13.0. The summed E-state index contributed by atoms with van der Waals surface area (Å²) in [6.07, 6.45) is 11.6. The number of amides is 2. The minimum atomic E-state index is -0.577. The molecule has 5 heterocycles. The number of imidazole rings is 1. The first-order chi connectivity index (χ1) is 20.8. The number of primary amides is 1. The third kappa shape index (κ3) is 5.12. The molecule has 0 aliphatic carbocycles. The van der Waals surface area contributed by atoms with Gasteiger partial charge in [0.1, 0.15) is 5.82 Å². The van der Waals surface area contributed by atoms with Crippen LogP contribution < -0.4 is 11.1 Å². The molecule has 7 rings (SSSR count). The van der Waals surface area contributed by atoms with Gasteiger partial charge in [0, 0.05) is 43.1 Å². The topological polar surface area (TPSA) is 106 Å². The van der Waals surface area contributed by atoms with E-state index in [2.05, 4.69) is 76.4 Å². The van der Waals surface area contributed by atoms with Crippen LogP contribution in [0.3, 0.4) is 0 Å². The fourth-order valence-corrected chi connectivity index (χ4v) is 8.32. The second kappa shape index (κ2) is 10.9. The molecular weight excluding hydrogens is 536 g/mol. The Bertz CT molecular complexity index is 1660. The zero-order valence-electron chi connectivity index (χ0n) is 24.8. The van der Waals surface area contributed by atoms with E-state index in [1.54, 1.807) is 6.07 Å². The summed E-state index contributed by atoms with van der Waals surface area (Å²) >= 11 is 0. The lowest BCUT2D eigenvalue weighted by molar-refractivity contribution is 0.0643. The van der Waals surface area contributed by atoms with Crippen molar-refractivity contribution in [2.45, 2.75) is 81.3 Å². The molecule has 1 unspecified atom stereocenters. The van der Waals surface area contributed by atoms with Crippen LogP contribution in [-0.4, -0.2) is 55.9 Å². The Labute approximate surface area is 252 Å². The van der Waals surface area contributed by atoms with Crippen molar-refractivity contribution in [2.75, 3.05) is 13.1 Å². The van der Waals surface area contributed by atoms with Crippen molar-refractivity contribution < 1.29 is 9.59 Å². The lowest BCUT2D eigenvalue weighted by Gasteiger charge is -2.46. The number of carbonyl (C=O) groups is 2. The molecule has 222 valence electrons. The quantitative estimate of drug-likeness (QED) is 0.310. The molecule has 2 bridgehead atoms. The molecule has 43 heavy (non-hydrogen) atoms. The van der Waals surface area contributed by atoms with E-state index in [4.69, 9.17) is 10.7 Å². The van der Waals surface area contributed by atoms with Gasteiger partial charge < -0.3 is 20.5 Å². The number of piperidine rings is 2. The number of nitrogens with one attached hydrogen (secondary N) is 1. The standard InChI is InChI=1S/C35H40N6O2/c1-24-38-30-9-5-6-10-31(30)41(24)29-20-28-11-12-35(21-29,39-28)14-13-34(27-7-3-2-4-8-27)15-17-40(18-16-34)33(43)26-19-25(32(36)42)22-37-23-26/h2-10,19,22-23,28-29,39H,11-18,20-21H2,1H3,(H2,36,42)/t28-,29?,35-/m0/s1. The minimum absolute atomic E-state index is 0.00441. The highest BCUT2D eigenvalue weighted by Gasteiger charge is 2.48. The van der Waals surface area contributed by atoms with Crippen LogP contribution in [0.5, 0.6) is 0 Å². The van der Waals surface area contributed by atoms with Crippen LogP contribution in [0, 0.1) is 6.92 Å². The van der Waals surface area contributed by atoms with Gasteiger partial charge in [0.15, 0.2) is 0 Å². The van der Waals surface area contributed by atoms with E-state index < -0.39 is 5.91 Å². The number of nitrogens with zero attached hydrogens (tertiary/aromatic N) is 4. The molecule has 2 aromatic carbocycles. The summed E-state index contributed by atoms with van der Waals surface area (Å²) in [6, 6.07) is 22.0. The number of carbonyl (C=O) groups excluding carboxylic acids is 2. The van der Waals surface area contributed by atoms with Gasteiger partial charge in [0.05, 0.1) is 22.2 Å². The second-order valence-corrected chi connectivity index (χ2v) is 13.0. The normalized spacial score (nSPS) is 24.7. The van der Waals surface area contributed by atoms with Crippen molar-refractivity contribution in [3.8, 4) is 0 Å². The lowest BCUT2D eigenvalue weighted by Crippen LogP contribution is -2.51. The monoisotopic (exact) mass is 576 g/mol. The van der Waals surface area contributed by atoms with Gasteiger partial charge in [-0.15, -0.1) is 0 Å². The molecule has 3 aliphatic heterocycles. The first kappa shape index (κ1) is 27.8. The Balaban J connectivity index is 1.11. The number of rotatable bonds is 7. The zero-order valence-corrected chi connectivity index (χ0v) is 24.8. The Morgan fingerprint density at radius 1 is 0.977 bits per heavy atom. The highest BCUT2D eigenvalue weighted by atomic mass is 16.2. The van der Waals surface area contributed by atoms with Gasteiger partial charge >= 0.3 is 0 Å². The number of aryl methyl sites for hydroxylation is 1. The highest BCUT2D eigenvalue weighted by molar-refractivity contribution is 5.98. The molecule has 3 aliphatic rings. The SMILES string of the molecule is Cc1nc2ccccc2n1C1C[C@@H]2CC[C@](CCC3(c4ccccc4)CCN(C(=O)c4cncc(C(N)=O)c4)CC3)(C1)N2. The van der Waals surface area contributed by atoms with Crippen LogP contribution in [-0.2, 0) is 5.41 Å². The van der Waals surface area contributed by atoms with Crippen LogP contribution >= 0.6 is 0 Å². The molecule has 8 heteroatoms. The van der Waals surface area contributed by atoms with Crippen molar-refractivity contribution >= 4 is 22.8 Å². The van der Waals surface area contributed by atoms with E-state index in [0.29, 0.717) is 30.7 Å². The van der Waals surface area contributed by atoms with E-state index in [9.17, 15) is 9.59 Å². The van der Waals surface area contributed by atoms with Gasteiger partial charge in [-0.2, -0.15) is 0 Å². The summed E-state index contributed by atoms with van der Waals surface area (Å²) in [7, 11) is 0. The number of likely N-dealkylation sites (tertiary alicyclic amines) is 1. The molecular formula is C35H40N6O2. The summed E-state index contributed by atoms with van der Waals surface area (Å²) in [5.74, 6) is 0.443. The molecule has 3 atom stereocenters. The average Bonchev–Trinajstić information content (AvgIpc) is 3.54. The first-order valence-corrected chi connectivity index (χ1v) is 15.7. The van der Waals surface area contributed by atoms with E-state index in [1.165, 1.54) is 36.3 Å². The fourth-order valence-electron chi connectivity index (χ4n) is 8.32. The van der Waals surface area contributed by atoms with Gasteiger partial charge in [0.2, 0.25) is 5.91 Å². The van der Waals surface area contributed by atoms with Crippen molar-refractivity contribution in [3.05, 3.63) is 95.6 Å². The molecule has 8 nitrogen and oxygen atoms in total. The molecule has 0 spiro atoms. The molecule has 3 fully saturated rings. The van der Waals surface area contributed by atoms with Gasteiger partial charge in [0.25, 0.3) is 5.91 Å².